The van der Waals surface area contributed by atoms with E-state index < -0.39 is 18.2 Å². The molecule has 0 aromatic heterocycles. The van der Waals surface area contributed by atoms with Gasteiger partial charge in [-0.3, -0.25) is 4.79 Å². The van der Waals surface area contributed by atoms with E-state index >= 15 is 0 Å². The van der Waals surface area contributed by atoms with Crippen molar-refractivity contribution in [3.8, 4) is 0 Å². The lowest BCUT2D eigenvalue weighted by atomic mass is 10.1. The molecule has 0 bridgehead atoms. The highest BCUT2D eigenvalue weighted by Gasteiger charge is 2.28. The van der Waals surface area contributed by atoms with E-state index in [-0.39, 0.29) is 11.9 Å². The van der Waals surface area contributed by atoms with Crippen molar-refractivity contribution in [1.29, 1.82) is 0 Å². The van der Waals surface area contributed by atoms with Gasteiger partial charge in [-0.15, -0.1) is 0 Å². The van der Waals surface area contributed by atoms with Crippen LogP contribution in [-0.4, -0.2) is 46.9 Å². The quantitative estimate of drug-likeness (QED) is 0.793. The Morgan fingerprint density at radius 2 is 2.20 bits per heavy atom. The number of nitrogens with one attached hydrogen (secondary N) is 1. The van der Waals surface area contributed by atoms with Crippen molar-refractivity contribution in [3.05, 3.63) is 0 Å². The van der Waals surface area contributed by atoms with Crippen molar-refractivity contribution in [1.82, 2.24) is 10.2 Å². The summed E-state index contributed by atoms with van der Waals surface area (Å²) in [6, 6.07) is -0.325. The van der Waals surface area contributed by atoms with E-state index in [1.807, 2.05) is 0 Å². The molecule has 0 aromatic carbocycles. The molecule has 20 heavy (non-hydrogen) atoms. The van der Waals surface area contributed by atoms with Crippen molar-refractivity contribution < 1.29 is 15.7 Å². The van der Waals surface area contributed by atoms with E-state index in [4.69, 9.17) is 6.11 Å². The number of amides is 2. The minimum atomic E-state index is -0.790. The number of hydrogen-bond donors (Lipinski definition) is 1. The molecule has 1 heterocycles. The SMILES string of the molecule is [2H]C1C(NC(=O)CCCBr)CCCN1C(=O)OC(C)(C)C. The summed E-state index contributed by atoms with van der Waals surface area (Å²) < 4.78 is 13.5. The van der Waals surface area contributed by atoms with Crippen molar-refractivity contribution in [3.63, 3.8) is 0 Å². The van der Waals surface area contributed by atoms with Gasteiger partial charge in [0, 0.05) is 30.9 Å². The van der Waals surface area contributed by atoms with Crippen molar-refractivity contribution in [2.24, 2.45) is 0 Å². The molecule has 0 saturated carbocycles. The van der Waals surface area contributed by atoms with Crippen LogP contribution >= 0.6 is 15.9 Å². The summed E-state index contributed by atoms with van der Waals surface area (Å²) in [4.78, 5) is 25.3. The lowest BCUT2D eigenvalue weighted by Gasteiger charge is -2.34. The third-order valence-corrected chi connectivity index (χ3v) is 3.35. The Morgan fingerprint density at radius 1 is 1.50 bits per heavy atom. The summed E-state index contributed by atoms with van der Waals surface area (Å²) in [7, 11) is 0. The Hall–Kier alpha value is -0.780. The molecule has 1 N–H and O–H groups in total. The normalized spacial score (nSPS) is 24.0. The van der Waals surface area contributed by atoms with Crippen molar-refractivity contribution in [2.45, 2.75) is 58.1 Å². The monoisotopic (exact) mass is 349 g/mol. The minimum absolute atomic E-state index is 0.0669. The zero-order valence-electron chi connectivity index (χ0n) is 13.4. The topological polar surface area (TPSA) is 58.6 Å². The van der Waals surface area contributed by atoms with E-state index in [9.17, 15) is 9.59 Å². The van der Waals surface area contributed by atoms with Crippen molar-refractivity contribution >= 4 is 27.9 Å². The molecule has 1 rings (SSSR count). The van der Waals surface area contributed by atoms with Crippen LogP contribution in [0.15, 0.2) is 0 Å². The van der Waals surface area contributed by atoms with Crippen LogP contribution in [0.5, 0.6) is 0 Å². The number of rotatable bonds is 4. The molecule has 1 saturated heterocycles. The van der Waals surface area contributed by atoms with Crippen molar-refractivity contribution in [2.75, 3.05) is 18.4 Å². The van der Waals surface area contributed by atoms with Gasteiger partial charge in [0.05, 0.1) is 1.37 Å². The smallest absolute Gasteiger partial charge is 0.410 e. The molecule has 2 unspecified atom stereocenters. The third-order valence-electron chi connectivity index (χ3n) is 2.79. The molecular weight excluding hydrogens is 324 g/mol. The standard InChI is InChI=1S/C14H25BrN2O3/c1-14(2,3)20-13(19)17-9-5-6-11(10-17)16-12(18)7-4-8-15/h11H,4-10H2,1-3H3,(H,16,18)/i10D. The van der Waals surface area contributed by atoms with Gasteiger partial charge in [-0.1, -0.05) is 15.9 Å². The predicted octanol–water partition coefficient (Wildman–Crippen LogP) is 2.68. The number of piperidine rings is 1. The summed E-state index contributed by atoms with van der Waals surface area (Å²) in [6.45, 7) is 5.10. The average Bonchev–Trinajstić information content (AvgIpc) is 2.36. The fourth-order valence-electron chi connectivity index (χ4n) is 1.94. The maximum absolute atomic E-state index is 12.1. The van der Waals surface area contributed by atoms with Crippen LogP contribution in [0.3, 0.4) is 0 Å². The summed E-state index contributed by atoms with van der Waals surface area (Å²) in [5.74, 6) is -0.0669. The highest BCUT2D eigenvalue weighted by Crippen LogP contribution is 2.15. The molecule has 2 atom stereocenters. The second kappa shape index (κ2) is 7.86. The van der Waals surface area contributed by atoms with Gasteiger partial charge >= 0.3 is 6.09 Å². The Bertz CT molecular complexity index is 374. The fourth-order valence-corrected chi connectivity index (χ4v) is 2.22. The molecule has 1 fully saturated rings. The largest absolute Gasteiger partial charge is 0.444 e. The number of alkyl halides is 1. The van der Waals surface area contributed by atoms with Gasteiger partial charge in [0.2, 0.25) is 5.91 Å². The number of halogens is 1. The van der Waals surface area contributed by atoms with Crippen LogP contribution in [0.25, 0.3) is 0 Å². The van der Waals surface area contributed by atoms with Gasteiger partial charge in [-0.2, -0.15) is 0 Å². The first-order valence-electron chi connectivity index (χ1n) is 7.59. The second-order valence-corrected chi connectivity index (χ2v) is 6.72. The summed E-state index contributed by atoms with van der Waals surface area (Å²) >= 11 is 3.28. The minimum Gasteiger partial charge on any atom is -0.444 e. The first kappa shape index (κ1) is 15.6. The zero-order chi connectivity index (χ0) is 16.0. The van der Waals surface area contributed by atoms with E-state index in [0.717, 1.165) is 18.2 Å². The lowest BCUT2D eigenvalue weighted by Crippen LogP contribution is -2.50. The lowest BCUT2D eigenvalue weighted by molar-refractivity contribution is -0.122. The summed E-state index contributed by atoms with van der Waals surface area (Å²) in [5, 5.41) is 3.63. The van der Waals surface area contributed by atoms with Crippen LogP contribution in [0.2, 0.25) is 0 Å². The van der Waals surface area contributed by atoms with Gasteiger partial charge in [0.15, 0.2) is 0 Å². The van der Waals surface area contributed by atoms with Gasteiger partial charge in [0.25, 0.3) is 0 Å². The van der Waals surface area contributed by atoms with Crippen LogP contribution in [0.4, 0.5) is 4.79 Å². The number of hydrogen-bond acceptors (Lipinski definition) is 3. The highest BCUT2D eigenvalue weighted by atomic mass is 79.9. The van der Waals surface area contributed by atoms with Gasteiger partial charge in [-0.05, 0) is 40.0 Å². The molecule has 116 valence electrons. The number of ether oxygens (including phenoxy) is 1. The van der Waals surface area contributed by atoms with Gasteiger partial charge in [0.1, 0.15) is 5.60 Å². The van der Waals surface area contributed by atoms with Crippen LogP contribution in [0.1, 0.15) is 47.8 Å². The average molecular weight is 350 g/mol. The molecule has 2 amide bonds. The molecule has 0 aliphatic carbocycles. The maximum Gasteiger partial charge on any atom is 0.410 e. The van der Waals surface area contributed by atoms with E-state index in [0.29, 0.717) is 19.4 Å². The molecule has 0 radical (unpaired) electrons. The molecule has 5 nitrogen and oxygen atoms in total. The predicted molar refractivity (Wildman–Crippen MR) is 82.0 cm³/mol. The molecule has 1 aliphatic heterocycles. The summed E-state index contributed by atoms with van der Waals surface area (Å²) in [6.07, 6.45) is 2.19. The van der Waals surface area contributed by atoms with E-state index in [1.54, 1.807) is 20.8 Å². The molecule has 6 heteroatoms. The van der Waals surface area contributed by atoms with Gasteiger partial charge in [-0.25, -0.2) is 4.79 Å². The van der Waals surface area contributed by atoms with Crippen LogP contribution in [0, 0.1) is 0 Å². The van der Waals surface area contributed by atoms with E-state index in [2.05, 4.69) is 21.2 Å². The van der Waals surface area contributed by atoms with Crippen LogP contribution in [-0.2, 0) is 9.53 Å². The number of carbonyl (C=O) groups excluding carboxylic acids is 2. The maximum atomic E-state index is 12.1. The van der Waals surface area contributed by atoms with Gasteiger partial charge < -0.3 is 15.0 Å². The number of carbonyl (C=O) groups is 2. The molecule has 0 spiro atoms. The van der Waals surface area contributed by atoms with E-state index in [1.165, 1.54) is 4.90 Å². The summed E-state index contributed by atoms with van der Waals surface area (Å²) in [5.41, 5.74) is -0.580. The zero-order valence-corrected chi connectivity index (χ0v) is 14.0. The molecule has 1 aliphatic rings. The molecular formula is C14H25BrN2O3. The fraction of sp³-hybridized carbons (Fsp3) is 0.857. The Kier molecular flexibility index (Phi) is 6.13. The number of likely N-dealkylation sites (tertiary alicyclic amines) is 1. The first-order chi connectivity index (χ1) is 9.74. The third kappa shape index (κ3) is 6.59. The second-order valence-electron chi connectivity index (χ2n) is 5.93. The Labute approximate surface area is 130 Å². The van der Waals surface area contributed by atoms with Crippen LogP contribution < -0.4 is 5.32 Å². The number of nitrogens with zero attached hydrogens (tertiary/aromatic N) is 1. The Balaban J connectivity index is 2.57. The molecule has 0 aromatic rings. The Morgan fingerprint density at radius 3 is 2.80 bits per heavy atom. The highest BCUT2D eigenvalue weighted by molar-refractivity contribution is 9.09. The first-order valence-corrected chi connectivity index (χ1v) is 8.14.